The Hall–Kier alpha value is -2.18. The summed E-state index contributed by atoms with van der Waals surface area (Å²) in [6.07, 6.45) is 0. The molecule has 1 saturated heterocycles. The fourth-order valence-electron chi connectivity index (χ4n) is 1.40. The maximum absolute atomic E-state index is 11.4. The number of carbonyl (C=O) groups is 2. The minimum Gasteiger partial charge on any atom is -0.494 e. The number of amides is 2. The maximum Gasteiger partial charge on any atom is 0.244 e. The molecule has 0 spiro atoms. The molecule has 1 fully saturated rings. The average molecular weight is 225 g/mol. The number of nitrogens with zero attached hydrogens (tertiary/aromatic N) is 1. The zero-order chi connectivity index (χ0) is 11.7. The molecule has 1 aliphatic heterocycles. The molecule has 2 rings (SSSR count). The fourth-order valence-corrected chi connectivity index (χ4v) is 1.40. The standard InChI is InChI=1S/C9H11N3O4/c13-6(11-5-3-10-9(5)16)4-12-7(14)1-2-8(12)15/h1-2,5,14-15H,3-4H2,(H,10,16)(H,11,13). The van der Waals surface area contributed by atoms with E-state index in [1.807, 2.05) is 0 Å². The van der Waals surface area contributed by atoms with E-state index in [9.17, 15) is 19.8 Å². The van der Waals surface area contributed by atoms with Gasteiger partial charge in [0.25, 0.3) is 0 Å². The lowest BCUT2D eigenvalue weighted by Gasteiger charge is -2.26. The highest BCUT2D eigenvalue weighted by Crippen LogP contribution is 2.20. The number of rotatable bonds is 3. The molecule has 1 atom stereocenters. The average Bonchev–Trinajstić information content (AvgIpc) is 2.55. The molecule has 4 N–H and O–H groups in total. The van der Waals surface area contributed by atoms with Gasteiger partial charge in [0.2, 0.25) is 11.8 Å². The predicted molar refractivity (Wildman–Crippen MR) is 52.7 cm³/mol. The summed E-state index contributed by atoms with van der Waals surface area (Å²) in [6, 6.07) is 2.05. The number of nitrogens with one attached hydrogen (secondary N) is 2. The minimum absolute atomic E-state index is 0.203. The third-order valence-electron chi connectivity index (χ3n) is 2.37. The molecule has 1 aromatic heterocycles. The molecule has 0 radical (unpaired) electrons. The van der Waals surface area contributed by atoms with Crippen LogP contribution in [0.5, 0.6) is 11.8 Å². The summed E-state index contributed by atoms with van der Waals surface area (Å²) in [7, 11) is 0. The van der Waals surface area contributed by atoms with E-state index in [0.717, 1.165) is 4.57 Å². The first-order chi connectivity index (χ1) is 7.58. The molecule has 2 amide bonds. The van der Waals surface area contributed by atoms with Crippen molar-refractivity contribution >= 4 is 11.8 Å². The molecule has 0 aromatic carbocycles. The van der Waals surface area contributed by atoms with Gasteiger partial charge in [-0.25, -0.2) is 0 Å². The lowest BCUT2D eigenvalue weighted by Crippen LogP contribution is -2.62. The molecular formula is C9H11N3O4. The number of hydrogen-bond donors (Lipinski definition) is 4. The smallest absolute Gasteiger partial charge is 0.244 e. The molecule has 86 valence electrons. The van der Waals surface area contributed by atoms with Crippen molar-refractivity contribution in [2.24, 2.45) is 0 Å². The minimum atomic E-state index is -0.507. The van der Waals surface area contributed by atoms with E-state index in [0.29, 0.717) is 6.54 Å². The van der Waals surface area contributed by atoms with Gasteiger partial charge in [-0.15, -0.1) is 0 Å². The largest absolute Gasteiger partial charge is 0.494 e. The second-order valence-corrected chi connectivity index (χ2v) is 3.50. The highest BCUT2D eigenvalue weighted by molar-refractivity contribution is 5.92. The van der Waals surface area contributed by atoms with Crippen LogP contribution in [-0.4, -0.2) is 39.2 Å². The summed E-state index contributed by atoms with van der Waals surface area (Å²) >= 11 is 0. The van der Waals surface area contributed by atoms with Gasteiger partial charge in [0.05, 0.1) is 0 Å². The van der Waals surface area contributed by atoms with Crippen molar-refractivity contribution < 1.29 is 19.8 Å². The van der Waals surface area contributed by atoms with Crippen LogP contribution >= 0.6 is 0 Å². The zero-order valence-electron chi connectivity index (χ0n) is 8.30. The van der Waals surface area contributed by atoms with Crippen LogP contribution in [0, 0.1) is 0 Å². The summed E-state index contributed by atoms with van der Waals surface area (Å²) in [5.74, 6) is -1.08. The number of hydrogen-bond acceptors (Lipinski definition) is 4. The first-order valence-electron chi connectivity index (χ1n) is 4.72. The highest BCUT2D eigenvalue weighted by Gasteiger charge is 2.29. The third-order valence-corrected chi connectivity index (χ3v) is 2.37. The molecule has 1 aromatic rings. The lowest BCUT2D eigenvalue weighted by atomic mass is 10.1. The fraction of sp³-hybridized carbons (Fsp3) is 0.333. The van der Waals surface area contributed by atoms with Gasteiger partial charge < -0.3 is 20.8 Å². The van der Waals surface area contributed by atoms with E-state index in [2.05, 4.69) is 10.6 Å². The lowest BCUT2D eigenvalue weighted by molar-refractivity contribution is -0.133. The summed E-state index contributed by atoms with van der Waals surface area (Å²) in [5.41, 5.74) is 0. The second-order valence-electron chi connectivity index (χ2n) is 3.50. The molecule has 7 nitrogen and oxygen atoms in total. The number of β-lactam (4-membered cyclic amide) rings is 1. The van der Waals surface area contributed by atoms with E-state index in [1.165, 1.54) is 12.1 Å². The van der Waals surface area contributed by atoms with Gasteiger partial charge >= 0.3 is 0 Å². The number of aromatic nitrogens is 1. The highest BCUT2D eigenvalue weighted by atomic mass is 16.3. The molecule has 1 unspecified atom stereocenters. The molecular weight excluding hydrogens is 214 g/mol. The zero-order valence-corrected chi connectivity index (χ0v) is 8.30. The SMILES string of the molecule is O=C(Cn1c(O)ccc1O)NC1CNC1=O. The maximum atomic E-state index is 11.4. The topological polar surface area (TPSA) is 104 Å². The summed E-state index contributed by atoms with van der Waals surface area (Å²) in [6.45, 7) is 0.183. The Morgan fingerprint density at radius 2 is 2.12 bits per heavy atom. The Morgan fingerprint density at radius 3 is 2.56 bits per heavy atom. The van der Waals surface area contributed by atoms with Crippen LogP contribution in [-0.2, 0) is 16.1 Å². The van der Waals surface area contributed by atoms with E-state index in [4.69, 9.17) is 0 Å². The van der Waals surface area contributed by atoms with Gasteiger partial charge in [0.1, 0.15) is 12.6 Å². The van der Waals surface area contributed by atoms with Gasteiger partial charge in [0.15, 0.2) is 11.8 Å². The van der Waals surface area contributed by atoms with Crippen LogP contribution in [0.2, 0.25) is 0 Å². The van der Waals surface area contributed by atoms with Crippen molar-refractivity contribution in [1.29, 1.82) is 0 Å². The van der Waals surface area contributed by atoms with Crippen molar-refractivity contribution in [1.82, 2.24) is 15.2 Å². The Morgan fingerprint density at radius 1 is 1.50 bits per heavy atom. The second kappa shape index (κ2) is 3.76. The van der Waals surface area contributed by atoms with E-state index in [-0.39, 0.29) is 24.2 Å². The molecule has 0 bridgehead atoms. The van der Waals surface area contributed by atoms with Gasteiger partial charge in [-0.2, -0.15) is 0 Å². The molecule has 2 heterocycles. The Kier molecular flexibility index (Phi) is 2.43. The Labute approximate surface area is 90.7 Å². The molecule has 0 aliphatic carbocycles. The van der Waals surface area contributed by atoms with Crippen molar-refractivity contribution in [3.8, 4) is 11.8 Å². The Bertz CT molecular complexity index is 420. The van der Waals surface area contributed by atoms with Crippen LogP contribution in [0.4, 0.5) is 0 Å². The molecule has 16 heavy (non-hydrogen) atoms. The third kappa shape index (κ3) is 1.79. The van der Waals surface area contributed by atoms with Gasteiger partial charge in [-0.3, -0.25) is 14.2 Å². The molecule has 1 aliphatic rings. The Balaban J connectivity index is 1.94. The van der Waals surface area contributed by atoms with E-state index < -0.39 is 11.9 Å². The van der Waals surface area contributed by atoms with Crippen LogP contribution in [0.15, 0.2) is 12.1 Å². The monoisotopic (exact) mass is 225 g/mol. The normalized spacial score (nSPS) is 18.8. The summed E-state index contributed by atoms with van der Waals surface area (Å²) in [5, 5.41) is 23.5. The summed E-state index contributed by atoms with van der Waals surface area (Å²) in [4.78, 5) is 22.3. The molecule has 7 heteroatoms. The van der Waals surface area contributed by atoms with Crippen LogP contribution in [0.1, 0.15) is 0 Å². The van der Waals surface area contributed by atoms with E-state index in [1.54, 1.807) is 0 Å². The van der Waals surface area contributed by atoms with Crippen molar-refractivity contribution in [3.05, 3.63) is 12.1 Å². The number of carbonyl (C=O) groups excluding carboxylic acids is 2. The van der Waals surface area contributed by atoms with Crippen LogP contribution in [0.3, 0.4) is 0 Å². The molecule has 0 saturated carbocycles. The van der Waals surface area contributed by atoms with Gasteiger partial charge in [0, 0.05) is 18.7 Å². The number of aromatic hydroxyl groups is 2. The van der Waals surface area contributed by atoms with Crippen LogP contribution < -0.4 is 10.6 Å². The van der Waals surface area contributed by atoms with Crippen molar-refractivity contribution in [3.63, 3.8) is 0 Å². The first-order valence-corrected chi connectivity index (χ1v) is 4.72. The van der Waals surface area contributed by atoms with Crippen molar-refractivity contribution in [2.75, 3.05) is 6.54 Å². The van der Waals surface area contributed by atoms with Gasteiger partial charge in [-0.1, -0.05) is 0 Å². The van der Waals surface area contributed by atoms with Gasteiger partial charge in [-0.05, 0) is 0 Å². The van der Waals surface area contributed by atoms with Crippen LogP contribution in [0.25, 0.3) is 0 Å². The quantitative estimate of drug-likeness (QED) is 0.471. The van der Waals surface area contributed by atoms with Crippen molar-refractivity contribution in [2.45, 2.75) is 12.6 Å². The summed E-state index contributed by atoms with van der Waals surface area (Å²) < 4.78 is 1.03. The first kappa shape index (κ1) is 10.3. The van der Waals surface area contributed by atoms with E-state index >= 15 is 0 Å². The predicted octanol–water partition coefficient (Wildman–Crippen LogP) is -1.49.